The molecule has 0 fully saturated rings. The third-order valence-corrected chi connectivity index (χ3v) is 2.37. The first-order chi connectivity index (χ1) is 8.69. The highest BCUT2D eigenvalue weighted by Gasteiger charge is 2.11. The van der Waals surface area contributed by atoms with Gasteiger partial charge in [0.25, 0.3) is 0 Å². The molecular formula is C13H12N2O3. The number of oxazole rings is 1. The van der Waals surface area contributed by atoms with Crippen LogP contribution < -0.4 is 0 Å². The fourth-order valence-electron chi connectivity index (χ4n) is 1.52. The van der Waals surface area contributed by atoms with E-state index in [0.717, 1.165) is 5.52 Å². The highest BCUT2D eigenvalue weighted by molar-refractivity contribution is 5.73. The lowest BCUT2D eigenvalue weighted by Gasteiger charge is -2.03. The summed E-state index contributed by atoms with van der Waals surface area (Å²) in [6.45, 7) is 1.53. The Hall–Kier alpha value is -2.35. The minimum atomic E-state index is -0.721. The quantitative estimate of drug-likeness (QED) is 0.770. The minimum absolute atomic E-state index is 0.152. The van der Waals surface area contributed by atoms with Gasteiger partial charge in [0.15, 0.2) is 17.6 Å². The highest BCUT2D eigenvalue weighted by atomic mass is 16.5. The van der Waals surface area contributed by atoms with Crippen molar-refractivity contribution >= 4 is 17.1 Å². The first-order valence-corrected chi connectivity index (χ1v) is 5.62. The SMILES string of the molecule is C[C@@H](C#N)OC(=O)CCc1nc2ccccc2o1. The number of hydrogen-bond acceptors (Lipinski definition) is 5. The zero-order valence-electron chi connectivity index (χ0n) is 9.92. The van der Waals surface area contributed by atoms with Crippen LogP contribution >= 0.6 is 0 Å². The Kier molecular flexibility index (Phi) is 3.58. The monoisotopic (exact) mass is 244 g/mol. The molecule has 1 aromatic carbocycles. The van der Waals surface area contributed by atoms with Crippen LogP contribution in [0.15, 0.2) is 28.7 Å². The van der Waals surface area contributed by atoms with Gasteiger partial charge in [-0.05, 0) is 19.1 Å². The van der Waals surface area contributed by atoms with Gasteiger partial charge < -0.3 is 9.15 Å². The average molecular weight is 244 g/mol. The van der Waals surface area contributed by atoms with Crippen molar-refractivity contribution in [1.29, 1.82) is 5.26 Å². The number of ether oxygens (including phenoxy) is 1. The smallest absolute Gasteiger partial charge is 0.307 e. The molecule has 92 valence electrons. The number of carbonyl (C=O) groups excluding carboxylic acids is 1. The van der Waals surface area contributed by atoms with Crippen LogP contribution in [-0.2, 0) is 16.0 Å². The molecule has 1 atom stereocenters. The first kappa shape index (κ1) is 12.1. The molecule has 0 aliphatic heterocycles. The Balaban J connectivity index is 1.94. The molecule has 0 aliphatic carbocycles. The lowest BCUT2D eigenvalue weighted by molar-refractivity contribution is -0.145. The molecule has 0 saturated carbocycles. The summed E-state index contributed by atoms with van der Waals surface area (Å²) in [4.78, 5) is 15.6. The summed E-state index contributed by atoms with van der Waals surface area (Å²) < 4.78 is 10.3. The average Bonchev–Trinajstić information content (AvgIpc) is 2.79. The van der Waals surface area contributed by atoms with E-state index in [2.05, 4.69) is 4.98 Å². The summed E-state index contributed by atoms with van der Waals surface area (Å²) in [5, 5.41) is 8.51. The van der Waals surface area contributed by atoms with E-state index < -0.39 is 12.1 Å². The molecule has 0 amide bonds. The maximum Gasteiger partial charge on any atom is 0.307 e. The predicted octanol–water partition coefficient (Wildman–Crippen LogP) is 2.22. The second-order valence-electron chi connectivity index (χ2n) is 3.84. The van der Waals surface area contributed by atoms with Gasteiger partial charge >= 0.3 is 5.97 Å². The van der Waals surface area contributed by atoms with Crippen LogP contribution in [0, 0.1) is 11.3 Å². The molecule has 18 heavy (non-hydrogen) atoms. The van der Waals surface area contributed by atoms with Crippen molar-refractivity contribution in [2.45, 2.75) is 25.9 Å². The second kappa shape index (κ2) is 5.32. The topological polar surface area (TPSA) is 76.1 Å². The number of aromatic nitrogens is 1. The normalized spacial score (nSPS) is 12.0. The van der Waals surface area contributed by atoms with E-state index in [9.17, 15) is 4.79 Å². The number of benzene rings is 1. The largest absolute Gasteiger partial charge is 0.447 e. The molecule has 0 unspecified atom stereocenters. The van der Waals surface area contributed by atoms with Crippen LogP contribution in [0.2, 0.25) is 0 Å². The minimum Gasteiger partial charge on any atom is -0.447 e. The van der Waals surface area contributed by atoms with Crippen LogP contribution in [0.4, 0.5) is 0 Å². The summed E-state index contributed by atoms with van der Waals surface area (Å²) in [6.07, 6.45) is -0.203. The number of nitrogens with zero attached hydrogens (tertiary/aromatic N) is 2. The van der Waals surface area contributed by atoms with Crippen molar-refractivity contribution in [2.24, 2.45) is 0 Å². The molecule has 1 aromatic heterocycles. The molecule has 2 aromatic rings. The van der Waals surface area contributed by atoms with Gasteiger partial charge in [-0.15, -0.1) is 0 Å². The Morgan fingerprint density at radius 2 is 2.33 bits per heavy atom. The number of rotatable bonds is 4. The lowest BCUT2D eigenvalue weighted by atomic mass is 10.3. The molecular weight excluding hydrogens is 232 g/mol. The fourth-order valence-corrected chi connectivity index (χ4v) is 1.52. The van der Waals surface area contributed by atoms with E-state index in [1.165, 1.54) is 6.92 Å². The Bertz CT molecular complexity index is 565. The van der Waals surface area contributed by atoms with E-state index in [-0.39, 0.29) is 6.42 Å². The van der Waals surface area contributed by atoms with Gasteiger partial charge in [-0.1, -0.05) is 12.1 Å². The van der Waals surface area contributed by atoms with Crippen LogP contribution in [0.5, 0.6) is 0 Å². The van der Waals surface area contributed by atoms with Crippen LogP contribution in [0.3, 0.4) is 0 Å². The van der Waals surface area contributed by atoms with Crippen LogP contribution in [-0.4, -0.2) is 17.1 Å². The zero-order chi connectivity index (χ0) is 13.0. The van der Waals surface area contributed by atoms with Gasteiger partial charge in [0.05, 0.1) is 6.42 Å². The number of esters is 1. The van der Waals surface area contributed by atoms with E-state index >= 15 is 0 Å². The number of fused-ring (bicyclic) bond motifs is 1. The summed E-state index contributed by atoms with van der Waals surface area (Å²) in [6, 6.07) is 9.23. The molecule has 0 N–H and O–H groups in total. The third-order valence-electron chi connectivity index (χ3n) is 2.37. The lowest BCUT2D eigenvalue weighted by Crippen LogP contribution is -2.13. The van der Waals surface area contributed by atoms with Crippen molar-refractivity contribution in [3.63, 3.8) is 0 Å². The van der Waals surface area contributed by atoms with Crippen LogP contribution in [0.1, 0.15) is 19.2 Å². The summed E-state index contributed by atoms with van der Waals surface area (Å²) in [5.74, 6) is 0.0732. The highest BCUT2D eigenvalue weighted by Crippen LogP contribution is 2.15. The molecule has 0 radical (unpaired) electrons. The van der Waals surface area contributed by atoms with Crippen LogP contribution in [0.25, 0.3) is 11.1 Å². The Morgan fingerprint density at radius 3 is 3.06 bits per heavy atom. The molecule has 0 bridgehead atoms. The van der Waals surface area contributed by atoms with E-state index in [1.54, 1.807) is 0 Å². The Morgan fingerprint density at radius 1 is 1.56 bits per heavy atom. The van der Waals surface area contributed by atoms with E-state index in [0.29, 0.717) is 17.9 Å². The number of aryl methyl sites for hydroxylation is 1. The van der Waals surface area contributed by atoms with Crippen molar-refractivity contribution in [3.05, 3.63) is 30.2 Å². The summed E-state index contributed by atoms with van der Waals surface area (Å²) in [7, 11) is 0. The first-order valence-electron chi connectivity index (χ1n) is 5.62. The molecule has 1 heterocycles. The van der Waals surface area contributed by atoms with Crippen molar-refractivity contribution in [2.75, 3.05) is 0 Å². The predicted molar refractivity (Wildman–Crippen MR) is 63.5 cm³/mol. The van der Waals surface area contributed by atoms with E-state index in [4.69, 9.17) is 14.4 Å². The molecule has 5 heteroatoms. The molecule has 0 saturated heterocycles. The number of carbonyl (C=O) groups is 1. The number of para-hydroxylation sites is 2. The van der Waals surface area contributed by atoms with Gasteiger partial charge in [-0.3, -0.25) is 4.79 Å². The van der Waals surface area contributed by atoms with E-state index in [1.807, 2.05) is 30.3 Å². The molecule has 0 aliphatic rings. The van der Waals surface area contributed by atoms with Crippen molar-refractivity contribution in [3.8, 4) is 6.07 Å². The fraction of sp³-hybridized carbons (Fsp3) is 0.308. The van der Waals surface area contributed by atoms with Gasteiger partial charge in [0.1, 0.15) is 11.6 Å². The van der Waals surface area contributed by atoms with Gasteiger partial charge in [-0.2, -0.15) is 5.26 Å². The number of nitriles is 1. The molecule has 5 nitrogen and oxygen atoms in total. The summed E-state index contributed by atoms with van der Waals surface area (Å²) >= 11 is 0. The van der Waals surface area contributed by atoms with Crippen molar-refractivity contribution in [1.82, 2.24) is 4.98 Å². The van der Waals surface area contributed by atoms with Gasteiger partial charge in [0.2, 0.25) is 0 Å². The van der Waals surface area contributed by atoms with Crippen molar-refractivity contribution < 1.29 is 13.9 Å². The Labute approximate surface area is 104 Å². The van der Waals surface area contributed by atoms with Gasteiger partial charge in [0, 0.05) is 6.42 Å². The third kappa shape index (κ3) is 2.86. The number of hydrogen-bond donors (Lipinski definition) is 0. The maximum atomic E-state index is 11.4. The zero-order valence-corrected chi connectivity index (χ0v) is 9.92. The standard InChI is InChI=1S/C13H12N2O3/c1-9(8-14)17-13(16)7-6-12-15-10-4-2-3-5-11(10)18-12/h2-5,9H,6-7H2,1H3/t9-/m0/s1. The summed E-state index contributed by atoms with van der Waals surface area (Å²) in [5.41, 5.74) is 1.47. The second-order valence-corrected chi connectivity index (χ2v) is 3.84. The van der Waals surface area contributed by atoms with Gasteiger partial charge in [-0.25, -0.2) is 4.98 Å². The molecule has 2 rings (SSSR count). The molecule has 0 spiro atoms. The maximum absolute atomic E-state index is 11.4.